The van der Waals surface area contributed by atoms with Crippen molar-refractivity contribution in [1.29, 1.82) is 0 Å². The van der Waals surface area contributed by atoms with Crippen LogP contribution in [0.4, 0.5) is 15.9 Å². The van der Waals surface area contributed by atoms with Crippen molar-refractivity contribution in [3.63, 3.8) is 0 Å². The third-order valence-electron chi connectivity index (χ3n) is 9.25. The molecule has 13 heteroatoms. The van der Waals surface area contributed by atoms with Gasteiger partial charge in [0.1, 0.15) is 28.8 Å². The zero-order valence-electron chi connectivity index (χ0n) is 26.3. The molecule has 246 valence electrons. The van der Waals surface area contributed by atoms with Crippen molar-refractivity contribution in [2.45, 2.75) is 24.4 Å². The van der Waals surface area contributed by atoms with E-state index in [4.69, 9.17) is 16.3 Å². The largest absolute Gasteiger partial charge is 0.477 e. The van der Waals surface area contributed by atoms with E-state index in [-0.39, 0.29) is 35.5 Å². The van der Waals surface area contributed by atoms with Gasteiger partial charge in [-0.25, -0.2) is 19.2 Å². The highest BCUT2D eigenvalue weighted by atomic mass is 35.5. The summed E-state index contributed by atoms with van der Waals surface area (Å²) >= 11 is 6.31. The Hall–Kier alpha value is -5.07. The second-order valence-corrected chi connectivity index (χ2v) is 12.8. The number of ether oxygens (including phenoxy) is 1. The molecule has 2 saturated heterocycles. The fourth-order valence-electron chi connectivity index (χ4n) is 6.48. The number of rotatable bonds is 9. The Balaban J connectivity index is 1.29. The lowest BCUT2D eigenvalue weighted by atomic mass is 9.98. The molecule has 2 atom stereocenters. The molecular formula is C35H33ClFN7O4. The maximum atomic E-state index is 16.2. The van der Waals surface area contributed by atoms with E-state index in [1.807, 2.05) is 43.3 Å². The third-order valence-corrected chi connectivity index (χ3v) is 9.53. The number of carbonyl (C=O) groups is 1. The van der Waals surface area contributed by atoms with E-state index in [9.17, 15) is 14.7 Å². The molecule has 2 aliphatic heterocycles. The van der Waals surface area contributed by atoms with Gasteiger partial charge in [0.15, 0.2) is 0 Å². The summed E-state index contributed by atoms with van der Waals surface area (Å²) in [6, 6.07) is 13.8. The SMILES string of the molecule is CN(C)C1CN(c2ccc(-n3cc(C(=O)O)c(=O)c4cc(F)c(N5CC(c6cccnc6)C[C@@H]5COc5ncccc5Cl)cc43)cn2)C1. The summed E-state index contributed by atoms with van der Waals surface area (Å²) in [4.78, 5) is 44.9. The van der Waals surface area contributed by atoms with E-state index < -0.39 is 22.8 Å². The predicted octanol–water partition coefficient (Wildman–Crippen LogP) is 4.86. The standard InChI is InChI=1S/C35H33ClFN7O4/c1-41(2)25-17-42(18-25)32-8-7-23(15-40-32)44-19-27(35(46)47)33(45)26-12-29(37)31(13-30(26)44)43-16-22(21-5-3-9-38-14-21)11-24(43)20-48-34-28(36)6-4-10-39-34/h3-10,12-15,19,22,24-25H,11,16-18,20H2,1-2H3,(H,46,47)/t22?,24-/m1/s1. The molecule has 1 aromatic carbocycles. The molecule has 0 radical (unpaired) electrons. The highest BCUT2D eigenvalue weighted by Crippen LogP contribution is 2.38. The topological polar surface area (TPSA) is 117 Å². The summed E-state index contributed by atoms with van der Waals surface area (Å²) in [7, 11) is 4.09. The quantitative estimate of drug-likeness (QED) is 0.233. The van der Waals surface area contributed by atoms with Crippen LogP contribution in [0, 0.1) is 5.82 Å². The number of likely N-dealkylation sites (N-methyl/N-ethyl adjacent to an activating group) is 1. The van der Waals surface area contributed by atoms with Gasteiger partial charge in [0, 0.05) is 61.8 Å². The number of pyridine rings is 4. The minimum Gasteiger partial charge on any atom is -0.477 e. The number of anilines is 2. The van der Waals surface area contributed by atoms with E-state index in [2.05, 4.69) is 24.8 Å². The van der Waals surface area contributed by atoms with Gasteiger partial charge >= 0.3 is 5.97 Å². The maximum absolute atomic E-state index is 16.2. The second kappa shape index (κ2) is 12.9. The van der Waals surface area contributed by atoms with Gasteiger partial charge in [-0.1, -0.05) is 17.7 Å². The van der Waals surface area contributed by atoms with Crippen LogP contribution in [-0.4, -0.2) is 87.9 Å². The molecule has 0 bridgehead atoms. The second-order valence-electron chi connectivity index (χ2n) is 12.4. The van der Waals surface area contributed by atoms with Gasteiger partial charge in [0.2, 0.25) is 11.3 Å². The lowest BCUT2D eigenvalue weighted by molar-refractivity contribution is 0.0695. The van der Waals surface area contributed by atoms with Crippen LogP contribution >= 0.6 is 11.6 Å². The molecule has 1 unspecified atom stereocenters. The van der Waals surface area contributed by atoms with Crippen molar-refractivity contribution < 1.29 is 19.0 Å². The number of fused-ring (bicyclic) bond motifs is 1. The summed E-state index contributed by atoms with van der Waals surface area (Å²) < 4.78 is 23.8. The number of aromatic carboxylic acids is 1. The first-order chi connectivity index (χ1) is 23.2. The van der Waals surface area contributed by atoms with E-state index in [1.165, 1.54) is 6.20 Å². The molecule has 2 aliphatic rings. The van der Waals surface area contributed by atoms with Crippen LogP contribution < -0.4 is 20.0 Å². The number of hydrogen-bond acceptors (Lipinski definition) is 9. The Kier molecular flexibility index (Phi) is 8.44. The smallest absolute Gasteiger partial charge is 0.341 e. The number of carboxylic acid groups (broad SMARTS) is 1. The van der Waals surface area contributed by atoms with Crippen molar-refractivity contribution in [3.05, 3.63) is 112 Å². The number of hydrogen-bond donors (Lipinski definition) is 1. The normalized spacial score (nSPS) is 18.0. The van der Waals surface area contributed by atoms with E-state index in [0.29, 0.717) is 35.2 Å². The van der Waals surface area contributed by atoms with E-state index in [0.717, 1.165) is 30.5 Å². The fraction of sp³-hybridized carbons (Fsp3) is 0.286. The Labute approximate surface area is 280 Å². The summed E-state index contributed by atoms with van der Waals surface area (Å²) in [6.07, 6.45) is 8.65. The van der Waals surface area contributed by atoms with Gasteiger partial charge in [0.25, 0.3) is 0 Å². The molecule has 0 amide bonds. The molecule has 6 heterocycles. The van der Waals surface area contributed by atoms with Gasteiger partial charge < -0.3 is 29.1 Å². The van der Waals surface area contributed by atoms with Crippen molar-refractivity contribution in [2.75, 3.05) is 50.1 Å². The van der Waals surface area contributed by atoms with E-state index in [1.54, 1.807) is 47.6 Å². The summed E-state index contributed by atoms with van der Waals surface area (Å²) in [5, 5.41) is 10.2. The maximum Gasteiger partial charge on any atom is 0.341 e. The number of carboxylic acids is 1. The average Bonchev–Trinajstić information content (AvgIpc) is 3.48. The van der Waals surface area contributed by atoms with Gasteiger partial charge in [-0.15, -0.1) is 0 Å². The Morgan fingerprint density at radius 2 is 1.90 bits per heavy atom. The van der Waals surface area contributed by atoms with Crippen molar-refractivity contribution >= 4 is 40.0 Å². The van der Waals surface area contributed by atoms with Crippen LogP contribution in [0.2, 0.25) is 5.02 Å². The molecule has 5 aromatic rings. The summed E-state index contributed by atoms with van der Waals surface area (Å²) in [5.74, 6) is -0.956. The molecule has 48 heavy (non-hydrogen) atoms. The summed E-state index contributed by atoms with van der Waals surface area (Å²) in [5.41, 5.74) is 0.920. The van der Waals surface area contributed by atoms with Crippen molar-refractivity contribution in [1.82, 2.24) is 24.4 Å². The van der Waals surface area contributed by atoms with Crippen molar-refractivity contribution in [3.8, 4) is 11.6 Å². The molecule has 1 N–H and O–H groups in total. The van der Waals surface area contributed by atoms with Gasteiger partial charge in [-0.2, -0.15) is 0 Å². The lowest BCUT2D eigenvalue weighted by Crippen LogP contribution is -2.57. The van der Waals surface area contributed by atoms with Crippen molar-refractivity contribution in [2.24, 2.45) is 0 Å². The van der Waals surface area contributed by atoms with Gasteiger partial charge in [-0.05, 0) is 68.5 Å². The predicted molar refractivity (Wildman–Crippen MR) is 181 cm³/mol. The average molecular weight is 670 g/mol. The highest BCUT2D eigenvalue weighted by Gasteiger charge is 2.36. The molecule has 0 spiro atoms. The molecule has 2 fully saturated rings. The third kappa shape index (κ3) is 5.93. The Bertz CT molecular complexity index is 2040. The number of aromatic nitrogens is 4. The fourth-order valence-corrected chi connectivity index (χ4v) is 6.65. The lowest BCUT2D eigenvalue weighted by Gasteiger charge is -2.43. The van der Waals surface area contributed by atoms with Gasteiger partial charge in [-0.3, -0.25) is 9.78 Å². The Morgan fingerprint density at radius 3 is 2.58 bits per heavy atom. The molecule has 0 aliphatic carbocycles. The molecular weight excluding hydrogens is 637 g/mol. The molecule has 7 rings (SSSR count). The molecule has 11 nitrogen and oxygen atoms in total. The Morgan fingerprint density at radius 1 is 1.08 bits per heavy atom. The molecule has 0 saturated carbocycles. The highest BCUT2D eigenvalue weighted by molar-refractivity contribution is 6.31. The van der Waals surface area contributed by atoms with Crippen LogP contribution in [0.1, 0.15) is 28.3 Å². The van der Waals surface area contributed by atoms with E-state index >= 15 is 4.39 Å². The van der Waals surface area contributed by atoms with Crippen LogP contribution in [0.25, 0.3) is 16.6 Å². The van der Waals surface area contributed by atoms with Crippen LogP contribution in [0.5, 0.6) is 5.88 Å². The van der Waals surface area contributed by atoms with Crippen LogP contribution in [0.15, 0.2) is 84.3 Å². The van der Waals surface area contributed by atoms with Gasteiger partial charge in [0.05, 0.1) is 29.1 Å². The zero-order valence-corrected chi connectivity index (χ0v) is 27.1. The summed E-state index contributed by atoms with van der Waals surface area (Å²) in [6.45, 7) is 2.32. The number of halogens is 2. The first-order valence-electron chi connectivity index (χ1n) is 15.6. The number of benzene rings is 1. The number of nitrogens with zero attached hydrogens (tertiary/aromatic N) is 7. The first-order valence-corrected chi connectivity index (χ1v) is 16.0. The molecule has 4 aromatic heterocycles. The monoisotopic (exact) mass is 669 g/mol. The van der Waals surface area contributed by atoms with Crippen LogP contribution in [0.3, 0.4) is 0 Å². The minimum atomic E-state index is -1.40. The first kappa shape index (κ1) is 31.5. The van der Waals surface area contributed by atoms with Crippen LogP contribution in [-0.2, 0) is 0 Å². The zero-order chi connectivity index (χ0) is 33.5. The minimum absolute atomic E-state index is 0.0172.